The summed E-state index contributed by atoms with van der Waals surface area (Å²) in [5, 5.41) is 2.95. The first-order valence-corrected chi connectivity index (χ1v) is 10.4. The smallest absolute Gasteiger partial charge is 0.322 e. The summed E-state index contributed by atoms with van der Waals surface area (Å²) in [5.74, 6) is -0.0365. The Kier molecular flexibility index (Phi) is 7.15. The van der Waals surface area contributed by atoms with Crippen molar-refractivity contribution in [1.29, 1.82) is 0 Å². The molecule has 1 fully saturated rings. The quantitative estimate of drug-likeness (QED) is 0.687. The van der Waals surface area contributed by atoms with Crippen molar-refractivity contribution < 1.29 is 14.3 Å². The Labute approximate surface area is 178 Å². The van der Waals surface area contributed by atoms with Crippen molar-refractivity contribution >= 4 is 17.6 Å². The summed E-state index contributed by atoms with van der Waals surface area (Å²) in [6.45, 7) is 5.28. The van der Waals surface area contributed by atoms with Gasteiger partial charge in [-0.1, -0.05) is 17.7 Å². The van der Waals surface area contributed by atoms with Crippen LogP contribution in [-0.2, 0) is 23.1 Å². The van der Waals surface area contributed by atoms with Gasteiger partial charge in [-0.15, -0.1) is 0 Å². The summed E-state index contributed by atoms with van der Waals surface area (Å²) in [7, 11) is 3.57. The van der Waals surface area contributed by atoms with Crippen molar-refractivity contribution in [2.24, 2.45) is 7.05 Å². The Morgan fingerprint density at radius 2 is 2.00 bits per heavy atom. The topological polar surface area (TPSA) is 66.8 Å². The average molecular weight is 413 g/mol. The maximum atomic E-state index is 13.2. The van der Waals surface area contributed by atoms with Gasteiger partial charge in [-0.2, -0.15) is 0 Å². The van der Waals surface area contributed by atoms with E-state index in [2.05, 4.69) is 5.32 Å². The summed E-state index contributed by atoms with van der Waals surface area (Å²) < 4.78 is 7.19. The molecule has 1 aliphatic carbocycles. The number of nitrogens with zero attached hydrogens (tertiary/aromatic N) is 3. The predicted octanol–water partition coefficient (Wildman–Crippen LogP) is 3.31. The lowest BCUT2D eigenvalue weighted by atomic mass is 10.1. The summed E-state index contributed by atoms with van der Waals surface area (Å²) in [6.07, 6.45) is 4.01. The normalized spacial score (nSPS) is 13.2. The highest BCUT2D eigenvalue weighted by atomic mass is 16.5. The van der Waals surface area contributed by atoms with Crippen molar-refractivity contribution in [3.63, 3.8) is 0 Å². The number of rotatable bonds is 9. The van der Waals surface area contributed by atoms with Crippen LogP contribution in [0.2, 0.25) is 0 Å². The number of carbonyl (C=O) groups excluding carboxylic acids is 2. The second kappa shape index (κ2) is 9.80. The molecular formula is C23H32N4O3. The third-order valence-corrected chi connectivity index (χ3v) is 5.49. The number of methoxy groups -OCH3 is 1. The number of hydrogen-bond acceptors (Lipinski definition) is 3. The standard InChI is InChI=1S/C23H32N4O3/c1-17-7-10-21(18(2)14-17)24-23(29)26(12-13-30-4)16-22(28)27(19-8-9-19)15-20-6-5-11-25(20)3/h5-7,10-11,14,19H,8-9,12-13,15-16H2,1-4H3,(H,24,29). The Hall–Kier alpha value is -2.80. The van der Waals surface area contributed by atoms with Crippen LogP contribution >= 0.6 is 0 Å². The highest BCUT2D eigenvalue weighted by Crippen LogP contribution is 2.28. The largest absolute Gasteiger partial charge is 0.383 e. The van der Waals surface area contributed by atoms with Gasteiger partial charge in [-0.25, -0.2) is 4.79 Å². The van der Waals surface area contributed by atoms with Crippen LogP contribution < -0.4 is 5.32 Å². The predicted molar refractivity (Wildman–Crippen MR) is 117 cm³/mol. The molecule has 1 aliphatic rings. The lowest BCUT2D eigenvalue weighted by Crippen LogP contribution is -2.46. The fourth-order valence-electron chi connectivity index (χ4n) is 3.50. The zero-order valence-corrected chi connectivity index (χ0v) is 18.4. The molecule has 3 rings (SSSR count). The molecule has 30 heavy (non-hydrogen) atoms. The first kappa shape index (κ1) is 21.9. The van der Waals surface area contributed by atoms with Crippen molar-refractivity contribution in [3.05, 3.63) is 53.3 Å². The van der Waals surface area contributed by atoms with E-state index in [4.69, 9.17) is 4.74 Å². The van der Waals surface area contributed by atoms with Crippen LogP contribution in [0.5, 0.6) is 0 Å². The molecule has 0 aliphatic heterocycles. The molecule has 1 N–H and O–H groups in total. The number of nitrogens with one attached hydrogen (secondary N) is 1. The average Bonchev–Trinajstić information content (AvgIpc) is 3.47. The number of aryl methyl sites for hydroxylation is 3. The van der Waals surface area contributed by atoms with Gasteiger partial charge in [0.05, 0.1) is 13.2 Å². The third-order valence-electron chi connectivity index (χ3n) is 5.49. The van der Waals surface area contributed by atoms with Gasteiger partial charge in [0.15, 0.2) is 0 Å². The molecule has 1 aromatic heterocycles. The van der Waals surface area contributed by atoms with E-state index < -0.39 is 0 Å². The monoisotopic (exact) mass is 412 g/mol. The lowest BCUT2D eigenvalue weighted by molar-refractivity contribution is -0.133. The van der Waals surface area contributed by atoms with Gasteiger partial charge in [0.2, 0.25) is 5.91 Å². The minimum Gasteiger partial charge on any atom is -0.383 e. The molecule has 7 nitrogen and oxygen atoms in total. The number of benzene rings is 1. The number of amides is 3. The van der Waals surface area contributed by atoms with Crippen molar-refractivity contribution in [2.45, 2.75) is 39.3 Å². The van der Waals surface area contributed by atoms with Crippen LogP contribution in [0.25, 0.3) is 0 Å². The van der Waals surface area contributed by atoms with E-state index in [1.54, 1.807) is 7.11 Å². The molecule has 0 bridgehead atoms. The minimum absolute atomic E-state index is 0.0288. The van der Waals surface area contributed by atoms with E-state index in [-0.39, 0.29) is 24.5 Å². The summed E-state index contributed by atoms with van der Waals surface area (Å²) in [6, 6.07) is 9.86. The van der Waals surface area contributed by atoms with Crippen molar-refractivity contribution in [2.75, 3.05) is 32.1 Å². The van der Waals surface area contributed by atoms with Crippen LogP contribution in [0.4, 0.5) is 10.5 Å². The molecule has 0 atom stereocenters. The van der Waals surface area contributed by atoms with E-state index in [9.17, 15) is 9.59 Å². The molecule has 1 aromatic carbocycles. The maximum absolute atomic E-state index is 13.2. The number of ether oxygens (including phenoxy) is 1. The van der Waals surface area contributed by atoms with Crippen LogP contribution in [0.15, 0.2) is 36.5 Å². The van der Waals surface area contributed by atoms with Crippen LogP contribution in [0.1, 0.15) is 29.7 Å². The van der Waals surface area contributed by atoms with E-state index in [1.807, 2.05) is 66.9 Å². The molecule has 0 radical (unpaired) electrons. The third kappa shape index (κ3) is 5.63. The van der Waals surface area contributed by atoms with Gasteiger partial charge in [0, 0.05) is 44.3 Å². The zero-order chi connectivity index (χ0) is 21.7. The van der Waals surface area contributed by atoms with Gasteiger partial charge in [0.25, 0.3) is 0 Å². The summed E-state index contributed by atoms with van der Waals surface area (Å²) in [5.41, 5.74) is 3.96. The molecule has 0 saturated heterocycles. The SMILES string of the molecule is COCCN(CC(=O)N(Cc1cccn1C)C1CC1)C(=O)Nc1ccc(C)cc1C. The van der Waals surface area contributed by atoms with Crippen LogP contribution in [0.3, 0.4) is 0 Å². The van der Waals surface area contributed by atoms with E-state index in [0.717, 1.165) is 35.3 Å². The fraction of sp³-hybridized carbons (Fsp3) is 0.478. The maximum Gasteiger partial charge on any atom is 0.322 e. The van der Waals surface area contributed by atoms with E-state index in [1.165, 1.54) is 4.90 Å². The Balaban J connectivity index is 1.69. The van der Waals surface area contributed by atoms with Crippen molar-refractivity contribution in [3.8, 4) is 0 Å². The Morgan fingerprint density at radius 1 is 1.23 bits per heavy atom. The van der Waals surface area contributed by atoms with Crippen LogP contribution in [0, 0.1) is 13.8 Å². The number of hydrogen-bond donors (Lipinski definition) is 1. The number of anilines is 1. The minimum atomic E-state index is -0.290. The highest BCUT2D eigenvalue weighted by molar-refractivity contribution is 5.93. The first-order chi connectivity index (χ1) is 14.4. The molecule has 0 spiro atoms. The highest BCUT2D eigenvalue weighted by Gasteiger charge is 2.34. The number of aromatic nitrogens is 1. The molecule has 162 valence electrons. The summed E-state index contributed by atoms with van der Waals surface area (Å²) >= 11 is 0. The first-order valence-electron chi connectivity index (χ1n) is 10.4. The Bertz CT molecular complexity index is 888. The lowest BCUT2D eigenvalue weighted by Gasteiger charge is -2.28. The molecule has 7 heteroatoms. The number of urea groups is 1. The van der Waals surface area contributed by atoms with E-state index >= 15 is 0 Å². The fourth-order valence-corrected chi connectivity index (χ4v) is 3.50. The molecule has 1 heterocycles. The molecule has 1 saturated carbocycles. The summed E-state index contributed by atoms with van der Waals surface area (Å²) in [4.78, 5) is 29.5. The van der Waals surface area contributed by atoms with Gasteiger partial charge in [0.1, 0.15) is 6.54 Å². The molecule has 0 unspecified atom stereocenters. The number of carbonyl (C=O) groups is 2. The van der Waals surface area contributed by atoms with Gasteiger partial charge in [-0.3, -0.25) is 4.79 Å². The second-order valence-corrected chi connectivity index (χ2v) is 8.03. The molecule has 3 amide bonds. The van der Waals surface area contributed by atoms with Gasteiger partial charge in [-0.05, 0) is 50.5 Å². The van der Waals surface area contributed by atoms with Crippen molar-refractivity contribution in [1.82, 2.24) is 14.4 Å². The zero-order valence-electron chi connectivity index (χ0n) is 18.4. The Morgan fingerprint density at radius 3 is 2.60 bits per heavy atom. The van der Waals surface area contributed by atoms with Crippen LogP contribution in [-0.4, -0.2) is 59.2 Å². The van der Waals surface area contributed by atoms with Gasteiger partial charge >= 0.3 is 6.03 Å². The second-order valence-electron chi connectivity index (χ2n) is 8.03. The van der Waals surface area contributed by atoms with Gasteiger partial charge < -0.3 is 24.4 Å². The molecule has 2 aromatic rings. The van der Waals surface area contributed by atoms with E-state index in [0.29, 0.717) is 19.7 Å². The molecular weight excluding hydrogens is 380 g/mol.